The Labute approximate surface area is 180 Å². The first-order valence-corrected chi connectivity index (χ1v) is 10.2. The van der Waals surface area contributed by atoms with Gasteiger partial charge in [0.15, 0.2) is 11.5 Å². The number of aliphatic hydroxyl groups is 1. The molecule has 0 saturated heterocycles. The lowest BCUT2D eigenvalue weighted by Gasteiger charge is -2.42. The van der Waals surface area contributed by atoms with Crippen LogP contribution in [-0.2, 0) is 11.2 Å². The van der Waals surface area contributed by atoms with Crippen LogP contribution >= 0.6 is 0 Å². The maximum absolute atomic E-state index is 14.2. The molecule has 0 unspecified atom stereocenters. The van der Waals surface area contributed by atoms with E-state index in [-0.39, 0.29) is 34.9 Å². The number of carbonyl (C=O) groups excluding carboxylic acids is 1. The zero-order chi connectivity index (χ0) is 23.2. The number of methoxy groups -OCH3 is 2. The first kappa shape index (κ1) is 23.4. The first-order valence-electron chi connectivity index (χ1n) is 10.2. The van der Waals surface area contributed by atoms with E-state index in [9.17, 15) is 23.1 Å². The van der Waals surface area contributed by atoms with Crippen LogP contribution in [0.25, 0.3) is 0 Å². The number of hydrazone groups is 1. The molecule has 1 aliphatic heterocycles. The van der Waals surface area contributed by atoms with E-state index >= 15 is 0 Å². The number of hydrogen-bond acceptors (Lipinski definition) is 5. The molecule has 31 heavy (non-hydrogen) atoms. The van der Waals surface area contributed by atoms with Crippen molar-refractivity contribution < 1.29 is 32.5 Å². The zero-order valence-corrected chi connectivity index (χ0v) is 18.4. The summed E-state index contributed by atoms with van der Waals surface area (Å²) in [5, 5.41) is 15.2. The van der Waals surface area contributed by atoms with Crippen molar-refractivity contribution in [3.8, 4) is 11.5 Å². The van der Waals surface area contributed by atoms with Crippen molar-refractivity contribution in [2.75, 3.05) is 14.2 Å². The summed E-state index contributed by atoms with van der Waals surface area (Å²) < 4.78 is 52.8. The molecular formula is C22H29F3N2O4. The van der Waals surface area contributed by atoms with E-state index in [2.05, 4.69) is 5.10 Å². The van der Waals surface area contributed by atoms with Gasteiger partial charge < -0.3 is 14.6 Å². The topological polar surface area (TPSA) is 71.4 Å². The number of alkyl halides is 3. The van der Waals surface area contributed by atoms with E-state index in [1.165, 1.54) is 20.3 Å². The molecule has 1 N–H and O–H groups in total. The van der Waals surface area contributed by atoms with Crippen LogP contribution in [0.2, 0.25) is 0 Å². The van der Waals surface area contributed by atoms with Gasteiger partial charge in [-0.3, -0.25) is 4.79 Å². The van der Waals surface area contributed by atoms with E-state index in [1.807, 2.05) is 20.8 Å². The summed E-state index contributed by atoms with van der Waals surface area (Å²) in [5.74, 6) is -1.42. The molecular weight excluding hydrogens is 413 g/mol. The van der Waals surface area contributed by atoms with Crippen molar-refractivity contribution >= 4 is 11.6 Å². The number of fused-ring (bicyclic) bond motifs is 1. The van der Waals surface area contributed by atoms with Crippen LogP contribution in [0, 0.1) is 17.3 Å². The third kappa shape index (κ3) is 4.12. The van der Waals surface area contributed by atoms with Gasteiger partial charge in [0.1, 0.15) is 0 Å². The molecule has 9 heteroatoms. The van der Waals surface area contributed by atoms with Crippen molar-refractivity contribution in [2.45, 2.75) is 58.4 Å². The predicted molar refractivity (Wildman–Crippen MR) is 109 cm³/mol. The van der Waals surface area contributed by atoms with Crippen molar-refractivity contribution in [1.82, 2.24) is 5.01 Å². The molecule has 0 spiro atoms. The van der Waals surface area contributed by atoms with Crippen molar-refractivity contribution in [3.05, 3.63) is 23.8 Å². The molecule has 0 radical (unpaired) electrons. The molecule has 0 aromatic heterocycles. The van der Waals surface area contributed by atoms with Crippen molar-refractivity contribution in [1.29, 1.82) is 0 Å². The van der Waals surface area contributed by atoms with Gasteiger partial charge >= 0.3 is 6.18 Å². The minimum Gasteiger partial charge on any atom is -0.493 e. The summed E-state index contributed by atoms with van der Waals surface area (Å²) in [6.07, 6.45) is -4.30. The van der Waals surface area contributed by atoms with Crippen molar-refractivity contribution in [3.63, 3.8) is 0 Å². The monoisotopic (exact) mass is 442 g/mol. The quantitative estimate of drug-likeness (QED) is 0.760. The Morgan fingerprint density at radius 3 is 2.42 bits per heavy atom. The summed E-state index contributed by atoms with van der Waals surface area (Å²) in [6, 6.07) is 4.66. The summed E-state index contributed by atoms with van der Waals surface area (Å²) in [7, 11) is 2.88. The van der Waals surface area contributed by atoms with E-state index in [0.29, 0.717) is 29.9 Å². The minimum atomic E-state index is -5.05. The highest BCUT2D eigenvalue weighted by Gasteiger charge is 2.69. The highest BCUT2D eigenvalue weighted by atomic mass is 19.4. The maximum atomic E-state index is 14.2. The van der Waals surface area contributed by atoms with Gasteiger partial charge in [-0.25, -0.2) is 0 Å². The molecule has 3 atom stereocenters. The molecule has 1 heterocycles. The third-order valence-corrected chi connectivity index (χ3v) is 6.39. The molecule has 0 bridgehead atoms. The molecule has 1 aromatic rings. The molecule has 2 aliphatic rings. The van der Waals surface area contributed by atoms with Gasteiger partial charge in [0, 0.05) is 5.71 Å². The molecule has 1 aliphatic carbocycles. The molecule has 1 fully saturated rings. The van der Waals surface area contributed by atoms with Crippen LogP contribution in [0.15, 0.2) is 23.3 Å². The predicted octanol–water partition coefficient (Wildman–Crippen LogP) is 4.16. The summed E-state index contributed by atoms with van der Waals surface area (Å²) in [5.41, 5.74) is -2.90. The maximum Gasteiger partial charge on any atom is 0.439 e. The van der Waals surface area contributed by atoms with Gasteiger partial charge in [-0.15, -0.1) is 0 Å². The van der Waals surface area contributed by atoms with Crippen LogP contribution in [0.5, 0.6) is 11.5 Å². The second-order valence-electron chi connectivity index (χ2n) is 9.28. The first-order chi connectivity index (χ1) is 14.3. The van der Waals surface area contributed by atoms with E-state index in [1.54, 1.807) is 12.1 Å². The molecule has 1 aromatic carbocycles. The van der Waals surface area contributed by atoms with Crippen LogP contribution in [0.1, 0.15) is 45.6 Å². The minimum absolute atomic E-state index is 0.0220. The van der Waals surface area contributed by atoms with Crippen LogP contribution in [0.3, 0.4) is 0 Å². The lowest BCUT2D eigenvalue weighted by molar-refractivity contribution is -0.318. The third-order valence-electron chi connectivity index (χ3n) is 6.39. The SMILES string of the molecule is COc1ccc(CC(=O)N2N=C3CC[C@H](C(C)(C)C)C[C@@H]3[C@]2(O)C(F)(F)F)cc1OC. The molecule has 172 valence electrons. The molecule has 6 nitrogen and oxygen atoms in total. The number of hydrogen-bond donors (Lipinski definition) is 1. The Balaban J connectivity index is 1.91. The lowest BCUT2D eigenvalue weighted by atomic mass is 9.66. The number of amides is 1. The van der Waals surface area contributed by atoms with Gasteiger partial charge in [-0.2, -0.15) is 23.3 Å². The van der Waals surface area contributed by atoms with Gasteiger partial charge in [0.25, 0.3) is 5.72 Å². The zero-order valence-electron chi connectivity index (χ0n) is 18.4. The van der Waals surface area contributed by atoms with Gasteiger partial charge in [-0.05, 0) is 48.3 Å². The number of nitrogens with zero attached hydrogens (tertiary/aromatic N) is 2. The lowest BCUT2D eigenvalue weighted by Crippen LogP contribution is -2.62. The second-order valence-corrected chi connectivity index (χ2v) is 9.28. The molecule has 1 saturated carbocycles. The smallest absolute Gasteiger partial charge is 0.439 e. The second kappa shape index (κ2) is 8.00. The molecule has 1 amide bonds. The highest BCUT2D eigenvalue weighted by molar-refractivity contribution is 5.93. The normalized spacial score (nSPS) is 26.4. The standard InChI is InChI=1S/C22H29F3N2O4/c1-20(2,3)14-7-8-16-15(12-14)21(29,22(23,24)25)27(26-16)19(28)11-13-6-9-17(30-4)18(10-13)31-5/h6,9-10,14-15,29H,7-8,11-12H2,1-5H3/t14-,15-,21-/m0/s1. The molecule has 3 rings (SSSR count). The summed E-state index contributed by atoms with van der Waals surface area (Å²) in [4.78, 5) is 12.9. The summed E-state index contributed by atoms with van der Waals surface area (Å²) >= 11 is 0. The highest BCUT2D eigenvalue weighted by Crippen LogP contribution is 2.52. The average molecular weight is 442 g/mol. The number of rotatable bonds is 4. The Hall–Kier alpha value is -2.29. The van der Waals surface area contributed by atoms with E-state index in [4.69, 9.17) is 9.47 Å². The fraction of sp³-hybridized carbons (Fsp3) is 0.636. The van der Waals surface area contributed by atoms with Crippen molar-refractivity contribution in [2.24, 2.45) is 22.4 Å². The van der Waals surface area contributed by atoms with Crippen LogP contribution in [-0.4, -0.2) is 47.9 Å². The summed E-state index contributed by atoms with van der Waals surface area (Å²) in [6.45, 7) is 5.92. The van der Waals surface area contributed by atoms with Gasteiger partial charge in [-0.1, -0.05) is 26.8 Å². The fourth-order valence-electron chi connectivity index (χ4n) is 4.49. The number of carbonyl (C=O) groups is 1. The number of halogens is 3. The van der Waals surface area contributed by atoms with E-state index in [0.717, 1.165) is 0 Å². The van der Waals surface area contributed by atoms with Crippen LogP contribution < -0.4 is 9.47 Å². The van der Waals surface area contributed by atoms with E-state index < -0.39 is 23.7 Å². The largest absolute Gasteiger partial charge is 0.493 e. The Kier molecular flexibility index (Phi) is 6.03. The van der Waals surface area contributed by atoms with Crippen LogP contribution in [0.4, 0.5) is 13.2 Å². The van der Waals surface area contributed by atoms with Gasteiger partial charge in [0.05, 0.1) is 26.6 Å². The number of ether oxygens (including phenoxy) is 2. The Bertz CT molecular complexity index is 878. The van der Waals surface area contributed by atoms with Gasteiger partial charge in [0.2, 0.25) is 5.91 Å². The average Bonchev–Trinajstić information content (AvgIpc) is 3.00. The fourth-order valence-corrected chi connectivity index (χ4v) is 4.49. The number of benzene rings is 1. The Morgan fingerprint density at radius 2 is 1.87 bits per heavy atom. The Morgan fingerprint density at radius 1 is 1.23 bits per heavy atom.